The Balaban J connectivity index is 1.76. The fourth-order valence-electron chi connectivity index (χ4n) is 2.60. The van der Waals surface area contributed by atoms with Crippen molar-refractivity contribution in [2.75, 3.05) is 32.7 Å². The smallest absolute Gasteiger partial charge is 0.236 e. The van der Waals surface area contributed by atoms with E-state index < -0.39 is 0 Å². The van der Waals surface area contributed by atoms with Gasteiger partial charge in [-0.15, -0.1) is 0 Å². The third-order valence-electron chi connectivity index (χ3n) is 4.01. The lowest BCUT2D eigenvalue weighted by Gasteiger charge is -2.31. The van der Waals surface area contributed by atoms with Gasteiger partial charge in [-0.3, -0.25) is 9.69 Å². The van der Waals surface area contributed by atoms with Gasteiger partial charge in [-0.2, -0.15) is 0 Å². The van der Waals surface area contributed by atoms with Gasteiger partial charge in [0.25, 0.3) is 0 Å². The van der Waals surface area contributed by atoms with E-state index in [1.807, 2.05) is 0 Å². The normalized spacial score (nSPS) is 22.1. The summed E-state index contributed by atoms with van der Waals surface area (Å²) in [5.41, 5.74) is 5.89. The standard InChI is InChI=1S/C14H27N3O/c1-2-7-17(10-12-3-4-12)14(18)11-16-8-5-13(15)6-9-16/h12-13H,2-11,15H2,1H3. The van der Waals surface area contributed by atoms with Crippen molar-refractivity contribution in [2.24, 2.45) is 11.7 Å². The number of rotatable bonds is 6. The number of hydrogen-bond donors (Lipinski definition) is 1. The molecular formula is C14H27N3O. The summed E-state index contributed by atoms with van der Waals surface area (Å²) in [6, 6.07) is 0.342. The number of nitrogens with two attached hydrogens (primary N) is 1. The van der Waals surface area contributed by atoms with Crippen LogP contribution < -0.4 is 5.73 Å². The van der Waals surface area contributed by atoms with Gasteiger partial charge in [0, 0.05) is 32.2 Å². The zero-order valence-electron chi connectivity index (χ0n) is 11.6. The number of hydrogen-bond acceptors (Lipinski definition) is 3. The quantitative estimate of drug-likeness (QED) is 0.770. The molecule has 1 heterocycles. The lowest BCUT2D eigenvalue weighted by Crippen LogP contribution is -2.46. The van der Waals surface area contributed by atoms with Crippen molar-refractivity contribution in [1.82, 2.24) is 9.80 Å². The van der Waals surface area contributed by atoms with Crippen LogP contribution in [0.3, 0.4) is 0 Å². The minimum atomic E-state index is 0.319. The number of likely N-dealkylation sites (tertiary alicyclic amines) is 1. The summed E-state index contributed by atoms with van der Waals surface area (Å²) >= 11 is 0. The molecule has 2 aliphatic rings. The maximum atomic E-state index is 12.3. The molecule has 0 aromatic heterocycles. The van der Waals surface area contributed by atoms with Crippen molar-refractivity contribution in [3.05, 3.63) is 0 Å². The Kier molecular flexibility index (Phi) is 5.01. The lowest BCUT2D eigenvalue weighted by atomic mass is 10.1. The molecule has 0 bridgehead atoms. The fourth-order valence-corrected chi connectivity index (χ4v) is 2.60. The Bertz CT molecular complexity index is 270. The monoisotopic (exact) mass is 253 g/mol. The first kappa shape index (κ1) is 13.8. The minimum absolute atomic E-state index is 0.319. The first-order chi connectivity index (χ1) is 8.69. The predicted molar refractivity (Wildman–Crippen MR) is 73.2 cm³/mol. The van der Waals surface area contributed by atoms with E-state index in [0.29, 0.717) is 18.5 Å². The summed E-state index contributed by atoms with van der Waals surface area (Å²) in [7, 11) is 0. The van der Waals surface area contributed by atoms with Gasteiger partial charge in [-0.05, 0) is 38.0 Å². The number of carbonyl (C=O) groups is 1. The van der Waals surface area contributed by atoms with Gasteiger partial charge < -0.3 is 10.6 Å². The molecule has 1 saturated heterocycles. The van der Waals surface area contributed by atoms with E-state index in [1.165, 1.54) is 12.8 Å². The molecule has 0 unspecified atom stereocenters. The van der Waals surface area contributed by atoms with Crippen LogP contribution in [-0.4, -0.2) is 54.5 Å². The van der Waals surface area contributed by atoms with Gasteiger partial charge in [0.1, 0.15) is 0 Å². The summed E-state index contributed by atoms with van der Waals surface area (Å²) in [6.45, 7) is 6.61. The average molecular weight is 253 g/mol. The lowest BCUT2D eigenvalue weighted by molar-refractivity contribution is -0.133. The van der Waals surface area contributed by atoms with Crippen LogP contribution in [0.25, 0.3) is 0 Å². The largest absolute Gasteiger partial charge is 0.341 e. The molecule has 2 rings (SSSR count). The third kappa shape index (κ3) is 4.25. The Hall–Kier alpha value is -0.610. The number of piperidine rings is 1. The molecule has 0 aromatic carbocycles. The van der Waals surface area contributed by atoms with Crippen LogP contribution in [0.5, 0.6) is 0 Å². The molecule has 0 radical (unpaired) electrons. The van der Waals surface area contributed by atoms with Gasteiger partial charge in [-0.1, -0.05) is 6.92 Å². The highest BCUT2D eigenvalue weighted by Crippen LogP contribution is 2.29. The van der Waals surface area contributed by atoms with Gasteiger partial charge in [0.05, 0.1) is 6.54 Å². The molecule has 0 aromatic rings. The van der Waals surface area contributed by atoms with Crippen LogP contribution in [0.15, 0.2) is 0 Å². The van der Waals surface area contributed by atoms with E-state index in [1.54, 1.807) is 0 Å². The Labute approximate surface area is 110 Å². The van der Waals surface area contributed by atoms with Gasteiger partial charge in [-0.25, -0.2) is 0 Å². The summed E-state index contributed by atoms with van der Waals surface area (Å²) in [6.07, 6.45) is 5.74. The third-order valence-corrected chi connectivity index (χ3v) is 4.01. The highest BCUT2D eigenvalue weighted by molar-refractivity contribution is 5.78. The van der Waals surface area contributed by atoms with E-state index >= 15 is 0 Å². The highest BCUT2D eigenvalue weighted by Gasteiger charge is 2.27. The molecule has 104 valence electrons. The summed E-state index contributed by atoms with van der Waals surface area (Å²) in [5, 5.41) is 0. The topological polar surface area (TPSA) is 49.6 Å². The van der Waals surface area contributed by atoms with Crippen molar-refractivity contribution in [1.29, 1.82) is 0 Å². The number of nitrogens with zero attached hydrogens (tertiary/aromatic N) is 2. The Morgan fingerprint density at radius 1 is 1.28 bits per heavy atom. The molecule has 0 spiro atoms. The van der Waals surface area contributed by atoms with Crippen molar-refractivity contribution >= 4 is 5.91 Å². The van der Waals surface area contributed by atoms with Gasteiger partial charge in [0.15, 0.2) is 0 Å². The maximum Gasteiger partial charge on any atom is 0.236 e. The summed E-state index contributed by atoms with van der Waals surface area (Å²) in [5.74, 6) is 1.11. The molecule has 2 fully saturated rings. The second-order valence-electron chi connectivity index (χ2n) is 5.90. The second kappa shape index (κ2) is 6.53. The van der Waals surface area contributed by atoms with Crippen molar-refractivity contribution in [3.8, 4) is 0 Å². The van der Waals surface area contributed by atoms with E-state index in [-0.39, 0.29) is 0 Å². The molecule has 1 aliphatic heterocycles. The molecule has 1 aliphatic carbocycles. The Morgan fingerprint density at radius 2 is 1.94 bits per heavy atom. The zero-order chi connectivity index (χ0) is 13.0. The van der Waals surface area contributed by atoms with E-state index in [9.17, 15) is 4.79 Å². The zero-order valence-corrected chi connectivity index (χ0v) is 11.6. The number of carbonyl (C=O) groups excluding carboxylic acids is 1. The van der Waals surface area contributed by atoms with Gasteiger partial charge in [0.2, 0.25) is 5.91 Å². The SMILES string of the molecule is CCCN(CC1CC1)C(=O)CN1CCC(N)CC1. The molecular weight excluding hydrogens is 226 g/mol. The van der Waals surface area contributed by atoms with E-state index in [2.05, 4.69) is 16.7 Å². The highest BCUT2D eigenvalue weighted by atomic mass is 16.2. The molecule has 18 heavy (non-hydrogen) atoms. The van der Waals surface area contributed by atoms with Crippen LogP contribution in [0.2, 0.25) is 0 Å². The molecule has 0 atom stereocenters. The van der Waals surface area contributed by atoms with Crippen molar-refractivity contribution in [2.45, 2.75) is 45.1 Å². The van der Waals surface area contributed by atoms with E-state index in [0.717, 1.165) is 51.4 Å². The maximum absolute atomic E-state index is 12.3. The van der Waals surface area contributed by atoms with Crippen molar-refractivity contribution in [3.63, 3.8) is 0 Å². The van der Waals surface area contributed by atoms with E-state index in [4.69, 9.17) is 5.73 Å². The summed E-state index contributed by atoms with van der Waals surface area (Å²) < 4.78 is 0. The molecule has 2 N–H and O–H groups in total. The average Bonchev–Trinajstić information content (AvgIpc) is 3.15. The van der Waals surface area contributed by atoms with Crippen LogP contribution in [0, 0.1) is 5.92 Å². The first-order valence-corrected chi connectivity index (χ1v) is 7.44. The number of amides is 1. The van der Waals surface area contributed by atoms with Crippen LogP contribution in [0.1, 0.15) is 39.0 Å². The molecule has 4 heteroatoms. The van der Waals surface area contributed by atoms with Crippen LogP contribution >= 0.6 is 0 Å². The molecule has 1 saturated carbocycles. The first-order valence-electron chi connectivity index (χ1n) is 7.44. The van der Waals surface area contributed by atoms with Gasteiger partial charge >= 0.3 is 0 Å². The Morgan fingerprint density at radius 3 is 2.50 bits per heavy atom. The molecule has 1 amide bonds. The predicted octanol–water partition coefficient (Wildman–Crippen LogP) is 1.06. The molecule has 4 nitrogen and oxygen atoms in total. The minimum Gasteiger partial charge on any atom is -0.341 e. The summed E-state index contributed by atoms with van der Waals surface area (Å²) in [4.78, 5) is 16.6. The van der Waals surface area contributed by atoms with Crippen LogP contribution in [0.4, 0.5) is 0 Å². The van der Waals surface area contributed by atoms with Crippen LogP contribution in [-0.2, 0) is 4.79 Å². The van der Waals surface area contributed by atoms with Crippen molar-refractivity contribution < 1.29 is 4.79 Å². The second-order valence-corrected chi connectivity index (χ2v) is 5.90. The fraction of sp³-hybridized carbons (Fsp3) is 0.929.